The molecule has 0 radical (unpaired) electrons. The maximum atomic E-state index is 12.0. The lowest BCUT2D eigenvalue weighted by atomic mass is 10.2. The predicted octanol–water partition coefficient (Wildman–Crippen LogP) is 4.52. The SMILES string of the molecule is Cc1cc(C)n(Cc2ccc(NC(=O)NCc3ccc(Cl)cc3)cc2)n1. The van der Waals surface area contributed by atoms with Crippen molar-refractivity contribution >= 4 is 23.3 Å². The molecule has 0 saturated heterocycles. The quantitative estimate of drug-likeness (QED) is 0.695. The maximum Gasteiger partial charge on any atom is 0.319 e. The van der Waals surface area contributed by atoms with E-state index < -0.39 is 0 Å². The van der Waals surface area contributed by atoms with Gasteiger partial charge in [-0.1, -0.05) is 35.9 Å². The molecule has 0 aliphatic heterocycles. The zero-order valence-corrected chi connectivity index (χ0v) is 15.5. The van der Waals surface area contributed by atoms with Gasteiger partial charge in [-0.05, 0) is 55.3 Å². The minimum Gasteiger partial charge on any atom is -0.334 e. The van der Waals surface area contributed by atoms with Gasteiger partial charge in [-0.2, -0.15) is 5.10 Å². The fourth-order valence-electron chi connectivity index (χ4n) is 2.66. The molecule has 26 heavy (non-hydrogen) atoms. The van der Waals surface area contributed by atoms with Crippen LogP contribution in [-0.2, 0) is 13.1 Å². The molecule has 2 N–H and O–H groups in total. The highest BCUT2D eigenvalue weighted by Crippen LogP contribution is 2.13. The summed E-state index contributed by atoms with van der Waals surface area (Å²) in [4.78, 5) is 12.0. The highest BCUT2D eigenvalue weighted by molar-refractivity contribution is 6.30. The number of hydrogen-bond donors (Lipinski definition) is 2. The average molecular weight is 369 g/mol. The number of benzene rings is 2. The predicted molar refractivity (Wildman–Crippen MR) is 105 cm³/mol. The van der Waals surface area contributed by atoms with Gasteiger partial charge in [0.2, 0.25) is 0 Å². The molecule has 3 rings (SSSR count). The third kappa shape index (κ3) is 4.86. The number of nitrogens with one attached hydrogen (secondary N) is 2. The lowest BCUT2D eigenvalue weighted by Crippen LogP contribution is -2.28. The molecule has 0 aliphatic rings. The molecule has 1 heterocycles. The Morgan fingerprint density at radius 3 is 2.31 bits per heavy atom. The summed E-state index contributed by atoms with van der Waals surface area (Å²) in [5.74, 6) is 0. The Kier molecular flexibility index (Phi) is 5.58. The van der Waals surface area contributed by atoms with Crippen LogP contribution in [0, 0.1) is 13.8 Å². The molecule has 0 unspecified atom stereocenters. The summed E-state index contributed by atoms with van der Waals surface area (Å²) in [6.45, 7) is 5.18. The standard InChI is InChI=1S/C20H21ClN4O/c1-14-11-15(2)25(24-14)13-17-5-9-19(10-6-17)23-20(26)22-12-16-3-7-18(21)8-4-16/h3-11H,12-13H2,1-2H3,(H2,22,23,26). The third-order valence-electron chi connectivity index (χ3n) is 4.01. The molecule has 2 aromatic carbocycles. The maximum absolute atomic E-state index is 12.0. The summed E-state index contributed by atoms with van der Waals surface area (Å²) in [6.07, 6.45) is 0. The minimum atomic E-state index is -0.244. The van der Waals surface area contributed by atoms with E-state index in [1.165, 1.54) is 0 Å². The van der Waals surface area contributed by atoms with Crippen molar-refractivity contribution in [3.8, 4) is 0 Å². The lowest BCUT2D eigenvalue weighted by Gasteiger charge is -2.09. The molecule has 6 heteroatoms. The van der Waals surface area contributed by atoms with Crippen molar-refractivity contribution in [1.82, 2.24) is 15.1 Å². The summed E-state index contributed by atoms with van der Waals surface area (Å²) >= 11 is 5.85. The van der Waals surface area contributed by atoms with Crippen LogP contribution in [-0.4, -0.2) is 15.8 Å². The smallest absolute Gasteiger partial charge is 0.319 e. The van der Waals surface area contributed by atoms with Crippen LogP contribution in [0.1, 0.15) is 22.5 Å². The van der Waals surface area contributed by atoms with Crippen LogP contribution < -0.4 is 10.6 Å². The number of aromatic nitrogens is 2. The zero-order chi connectivity index (χ0) is 18.5. The molecule has 0 saturated carbocycles. The Morgan fingerprint density at radius 2 is 1.69 bits per heavy atom. The largest absolute Gasteiger partial charge is 0.334 e. The molecule has 5 nitrogen and oxygen atoms in total. The van der Waals surface area contributed by atoms with E-state index in [0.717, 1.165) is 28.2 Å². The molecule has 2 amide bonds. The first kappa shape index (κ1) is 18.0. The Hall–Kier alpha value is -2.79. The molecule has 0 spiro atoms. The van der Waals surface area contributed by atoms with Crippen molar-refractivity contribution in [3.05, 3.63) is 82.1 Å². The van der Waals surface area contributed by atoms with Gasteiger partial charge >= 0.3 is 6.03 Å². The van der Waals surface area contributed by atoms with E-state index in [0.29, 0.717) is 18.1 Å². The Bertz CT molecular complexity index is 885. The number of rotatable bonds is 5. The molecular formula is C20H21ClN4O. The molecule has 0 fully saturated rings. The van der Waals surface area contributed by atoms with Gasteiger partial charge in [-0.15, -0.1) is 0 Å². The second-order valence-corrected chi connectivity index (χ2v) is 6.65. The number of hydrogen-bond acceptors (Lipinski definition) is 2. The molecule has 3 aromatic rings. The van der Waals surface area contributed by atoms with E-state index in [-0.39, 0.29) is 6.03 Å². The number of halogens is 1. The van der Waals surface area contributed by atoms with Gasteiger partial charge in [-0.25, -0.2) is 4.79 Å². The number of carbonyl (C=O) groups is 1. The molecule has 0 bridgehead atoms. The van der Waals surface area contributed by atoms with Crippen LogP contribution in [0.3, 0.4) is 0 Å². The van der Waals surface area contributed by atoms with Crippen molar-refractivity contribution in [2.24, 2.45) is 0 Å². The summed E-state index contributed by atoms with van der Waals surface area (Å²) in [5, 5.41) is 10.8. The molecule has 0 aliphatic carbocycles. The average Bonchev–Trinajstić information content (AvgIpc) is 2.93. The van der Waals surface area contributed by atoms with Crippen LogP contribution in [0.25, 0.3) is 0 Å². The van der Waals surface area contributed by atoms with Gasteiger partial charge in [0, 0.05) is 22.9 Å². The number of aryl methyl sites for hydroxylation is 2. The molecular weight excluding hydrogens is 348 g/mol. The topological polar surface area (TPSA) is 59.0 Å². The van der Waals surface area contributed by atoms with Crippen LogP contribution in [0.5, 0.6) is 0 Å². The first-order chi connectivity index (χ1) is 12.5. The Balaban J connectivity index is 1.52. The monoisotopic (exact) mass is 368 g/mol. The second-order valence-electron chi connectivity index (χ2n) is 6.22. The van der Waals surface area contributed by atoms with Crippen LogP contribution >= 0.6 is 11.6 Å². The van der Waals surface area contributed by atoms with Crippen LogP contribution in [0.2, 0.25) is 5.02 Å². The number of anilines is 1. The van der Waals surface area contributed by atoms with Crippen molar-refractivity contribution < 1.29 is 4.79 Å². The van der Waals surface area contributed by atoms with Gasteiger partial charge in [-0.3, -0.25) is 4.68 Å². The Labute approximate surface area is 158 Å². The van der Waals surface area contributed by atoms with Gasteiger partial charge in [0.05, 0.1) is 12.2 Å². The normalized spacial score (nSPS) is 10.6. The van der Waals surface area contributed by atoms with Gasteiger partial charge < -0.3 is 10.6 Å². The number of nitrogens with zero attached hydrogens (tertiary/aromatic N) is 2. The first-order valence-corrected chi connectivity index (χ1v) is 8.77. The van der Waals surface area contributed by atoms with Crippen molar-refractivity contribution in [3.63, 3.8) is 0 Å². The summed E-state index contributed by atoms with van der Waals surface area (Å²) in [7, 11) is 0. The fraction of sp³-hybridized carbons (Fsp3) is 0.200. The van der Waals surface area contributed by atoms with E-state index in [4.69, 9.17) is 11.6 Å². The van der Waals surface area contributed by atoms with Gasteiger partial charge in [0.1, 0.15) is 0 Å². The fourth-order valence-corrected chi connectivity index (χ4v) is 2.79. The van der Waals surface area contributed by atoms with Crippen LogP contribution in [0.4, 0.5) is 10.5 Å². The zero-order valence-electron chi connectivity index (χ0n) is 14.8. The summed E-state index contributed by atoms with van der Waals surface area (Å²) in [5.41, 5.74) is 5.01. The Morgan fingerprint density at radius 1 is 1.04 bits per heavy atom. The minimum absolute atomic E-state index is 0.244. The van der Waals surface area contributed by atoms with E-state index in [9.17, 15) is 4.79 Å². The van der Waals surface area contributed by atoms with E-state index in [2.05, 4.69) is 21.8 Å². The van der Waals surface area contributed by atoms with Crippen molar-refractivity contribution in [2.75, 3.05) is 5.32 Å². The third-order valence-corrected chi connectivity index (χ3v) is 4.27. The van der Waals surface area contributed by atoms with Gasteiger partial charge in [0.25, 0.3) is 0 Å². The first-order valence-electron chi connectivity index (χ1n) is 8.39. The van der Waals surface area contributed by atoms with Crippen molar-refractivity contribution in [1.29, 1.82) is 0 Å². The lowest BCUT2D eigenvalue weighted by molar-refractivity contribution is 0.251. The molecule has 0 atom stereocenters. The molecule has 1 aromatic heterocycles. The summed E-state index contributed by atoms with van der Waals surface area (Å²) in [6, 6.07) is 17.0. The number of urea groups is 1. The number of amides is 2. The van der Waals surface area contributed by atoms with E-state index in [1.807, 2.05) is 54.9 Å². The highest BCUT2D eigenvalue weighted by Gasteiger charge is 2.04. The molecule has 134 valence electrons. The summed E-state index contributed by atoms with van der Waals surface area (Å²) < 4.78 is 1.97. The van der Waals surface area contributed by atoms with Crippen molar-refractivity contribution in [2.45, 2.75) is 26.9 Å². The van der Waals surface area contributed by atoms with E-state index in [1.54, 1.807) is 12.1 Å². The van der Waals surface area contributed by atoms with Crippen LogP contribution in [0.15, 0.2) is 54.6 Å². The second kappa shape index (κ2) is 8.06. The van der Waals surface area contributed by atoms with Gasteiger partial charge in [0.15, 0.2) is 0 Å². The number of carbonyl (C=O) groups excluding carboxylic acids is 1. The highest BCUT2D eigenvalue weighted by atomic mass is 35.5. The van der Waals surface area contributed by atoms with E-state index >= 15 is 0 Å².